The van der Waals surface area contributed by atoms with Crippen LogP contribution < -0.4 is 10.2 Å². The number of methoxy groups -OCH3 is 1. The zero-order chi connectivity index (χ0) is 18.6. The van der Waals surface area contributed by atoms with Crippen molar-refractivity contribution in [3.05, 3.63) is 29.3 Å². The van der Waals surface area contributed by atoms with Crippen LogP contribution in [0.25, 0.3) is 0 Å². The van der Waals surface area contributed by atoms with Gasteiger partial charge in [-0.3, -0.25) is 9.59 Å². The van der Waals surface area contributed by atoms with Gasteiger partial charge in [-0.2, -0.15) is 0 Å². The summed E-state index contributed by atoms with van der Waals surface area (Å²) < 4.78 is 4.98. The molecular formula is C19H26ClN3O3. The molecule has 1 aromatic carbocycles. The Kier molecular flexibility index (Phi) is 6.04. The highest BCUT2D eigenvalue weighted by atomic mass is 35.5. The molecule has 2 amide bonds. The van der Waals surface area contributed by atoms with Gasteiger partial charge in [0.25, 0.3) is 0 Å². The first-order valence-electron chi connectivity index (χ1n) is 9.14. The van der Waals surface area contributed by atoms with Crippen molar-refractivity contribution in [2.75, 3.05) is 51.3 Å². The monoisotopic (exact) mass is 379 g/mol. The summed E-state index contributed by atoms with van der Waals surface area (Å²) in [6.45, 7) is 3.90. The third kappa shape index (κ3) is 4.13. The van der Waals surface area contributed by atoms with Gasteiger partial charge in [-0.25, -0.2) is 0 Å². The number of rotatable bonds is 7. The van der Waals surface area contributed by atoms with E-state index in [-0.39, 0.29) is 11.8 Å². The first-order chi connectivity index (χ1) is 12.6. The number of piperazine rings is 1. The second-order valence-electron chi connectivity index (χ2n) is 6.94. The molecule has 2 aliphatic rings. The lowest BCUT2D eigenvalue weighted by Gasteiger charge is -2.37. The number of hydrogen-bond acceptors (Lipinski definition) is 4. The van der Waals surface area contributed by atoms with Crippen molar-refractivity contribution in [1.82, 2.24) is 10.2 Å². The Balaban J connectivity index is 1.52. The molecule has 0 spiro atoms. The zero-order valence-corrected chi connectivity index (χ0v) is 15.9. The van der Waals surface area contributed by atoms with Crippen molar-refractivity contribution >= 4 is 29.1 Å². The maximum Gasteiger partial charge on any atom is 0.238 e. The Morgan fingerprint density at radius 1 is 1.23 bits per heavy atom. The molecule has 1 saturated carbocycles. The van der Waals surface area contributed by atoms with Crippen LogP contribution in [0.1, 0.15) is 19.3 Å². The Bertz CT molecular complexity index is 655. The molecule has 0 bridgehead atoms. The fourth-order valence-corrected chi connectivity index (χ4v) is 3.58. The van der Waals surface area contributed by atoms with Gasteiger partial charge in [0.05, 0.1) is 0 Å². The van der Waals surface area contributed by atoms with E-state index in [1.807, 2.05) is 29.2 Å². The van der Waals surface area contributed by atoms with Gasteiger partial charge in [-0.05, 0) is 37.5 Å². The number of carbonyl (C=O) groups excluding carboxylic acids is 2. The van der Waals surface area contributed by atoms with Crippen molar-refractivity contribution in [1.29, 1.82) is 0 Å². The van der Waals surface area contributed by atoms with E-state index < -0.39 is 5.41 Å². The molecule has 1 aliphatic carbocycles. The van der Waals surface area contributed by atoms with E-state index in [1.165, 1.54) is 0 Å². The summed E-state index contributed by atoms with van der Waals surface area (Å²) in [6.07, 6.45) is 2.05. The topological polar surface area (TPSA) is 61.9 Å². The second kappa shape index (κ2) is 8.27. The maximum absolute atomic E-state index is 12.9. The largest absolute Gasteiger partial charge is 0.385 e. The van der Waals surface area contributed by atoms with Gasteiger partial charge in [-0.1, -0.05) is 17.7 Å². The standard InChI is InChI=1S/C19H26ClN3O3/c1-26-13-3-8-21-17(24)19(6-7-19)18(25)23-11-9-22(10-12-23)16-5-2-4-15(20)14-16/h2,4-5,14H,3,6-13H2,1H3,(H,21,24). The molecule has 26 heavy (non-hydrogen) atoms. The minimum Gasteiger partial charge on any atom is -0.385 e. The van der Waals surface area contributed by atoms with Crippen molar-refractivity contribution in [3.8, 4) is 0 Å². The van der Waals surface area contributed by atoms with E-state index in [9.17, 15) is 9.59 Å². The molecule has 1 N–H and O–H groups in total. The predicted octanol–water partition coefficient (Wildman–Crippen LogP) is 1.92. The van der Waals surface area contributed by atoms with E-state index in [0.29, 0.717) is 44.1 Å². The number of halogens is 1. The summed E-state index contributed by atoms with van der Waals surface area (Å²) in [4.78, 5) is 29.4. The minimum absolute atomic E-state index is 0.0208. The number of hydrogen-bond donors (Lipinski definition) is 1. The average Bonchev–Trinajstić information content (AvgIpc) is 3.47. The van der Waals surface area contributed by atoms with Crippen LogP contribution in [0.15, 0.2) is 24.3 Å². The van der Waals surface area contributed by atoms with Gasteiger partial charge in [0.2, 0.25) is 11.8 Å². The average molecular weight is 380 g/mol. The molecule has 142 valence electrons. The quantitative estimate of drug-likeness (QED) is 0.580. The fraction of sp³-hybridized carbons (Fsp3) is 0.579. The molecule has 1 heterocycles. The molecule has 0 aromatic heterocycles. The van der Waals surface area contributed by atoms with E-state index in [1.54, 1.807) is 7.11 Å². The molecular weight excluding hydrogens is 354 g/mol. The van der Waals surface area contributed by atoms with Gasteiger partial charge >= 0.3 is 0 Å². The number of nitrogens with one attached hydrogen (secondary N) is 1. The third-order valence-electron chi connectivity index (χ3n) is 5.15. The Labute approximate surface area is 159 Å². The first kappa shape index (κ1) is 19.0. The van der Waals surface area contributed by atoms with Crippen LogP contribution in [0.5, 0.6) is 0 Å². The molecule has 2 fully saturated rings. The predicted molar refractivity (Wildman–Crippen MR) is 101 cm³/mol. The van der Waals surface area contributed by atoms with Crippen molar-refractivity contribution < 1.29 is 14.3 Å². The number of anilines is 1. The summed E-state index contributed by atoms with van der Waals surface area (Å²) in [6, 6.07) is 7.75. The highest BCUT2D eigenvalue weighted by Crippen LogP contribution is 2.47. The molecule has 3 rings (SSSR count). The second-order valence-corrected chi connectivity index (χ2v) is 7.38. The smallest absolute Gasteiger partial charge is 0.238 e. The lowest BCUT2D eigenvalue weighted by atomic mass is 10.0. The summed E-state index contributed by atoms with van der Waals surface area (Å²) in [5.74, 6) is -0.150. The zero-order valence-electron chi connectivity index (χ0n) is 15.2. The Hall–Kier alpha value is -1.79. The third-order valence-corrected chi connectivity index (χ3v) is 5.38. The molecule has 1 aliphatic heterocycles. The normalized spacial score (nSPS) is 18.5. The highest BCUT2D eigenvalue weighted by Gasteiger charge is 2.58. The van der Waals surface area contributed by atoms with Gasteiger partial charge in [0.15, 0.2) is 0 Å². The van der Waals surface area contributed by atoms with Crippen LogP contribution in [-0.4, -0.2) is 63.2 Å². The molecule has 7 heteroatoms. The van der Waals surface area contributed by atoms with Crippen molar-refractivity contribution in [3.63, 3.8) is 0 Å². The van der Waals surface area contributed by atoms with Crippen LogP contribution in [0.4, 0.5) is 5.69 Å². The summed E-state index contributed by atoms with van der Waals surface area (Å²) in [5, 5.41) is 3.60. The lowest BCUT2D eigenvalue weighted by Crippen LogP contribution is -2.53. The van der Waals surface area contributed by atoms with Gasteiger partial charge in [-0.15, -0.1) is 0 Å². The lowest BCUT2D eigenvalue weighted by molar-refractivity contribution is -0.144. The SMILES string of the molecule is COCCCNC(=O)C1(C(=O)N2CCN(c3cccc(Cl)c3)CC2)CC1. The molecule has 1 aromatic rings. The summed E-state index contributed by atoms with van der Waals surface area (Å²) in [7, 11) is 1.64. The number of amides is 2. The highest BCUT2D eigenvalue weighted by molar-refractivity contribution is 6.30. The van der Waals surface area contributed by atoms with Crippen LogP contribution in [0, 0.1) is 5.41 Å². The molecule has 0 atom stereocenters. The number of carbonyl (C=O) groups is 2. The Morgan fingerprint density at radius 2 is 1.96 bits per heavy atom. The van der Waals surface area contributed by atoms with Gasteiger partial charge < -0.3 is 19.9 Å². The van der Waals surface area contributed by atoms with E-state index in [2.05, 4.69) is 10.2 Å². The Morgan fingerprint density at radius 3 is 2.58 bits per heavy atom. The van der Waals surface area contributed by atoms with E-state index in [0.717, 1.165) is 25.2 Å². The molecule has 1 saturated heterocycles. The maximum atomic E-state index is 12.9. The fourth-order valence-electron chi connectivity index (χ4n) is 3.39. The van der Waals surface area contributed by atoms with Crippen LogP contribution in [-0.2, 0) is 14.3 Å². The van der Waals surface area contributed by atoms with Gasteiger partial charge in [0, 0.05) is 57.2 Å². The van der Waals surface area contributed by atoms with Gasteiger partial charge in [0.1, 0.15) is 5.41 Å². The first-order valence-corrected chi connectivity index (χ1v) is 9.52. The van der Waals surface area contributed by atoms with Crippen molar-refractivity contribution in [2.45, 2.75) is 19.3 Å². The number of ether oxygens (including phenoxy) is 1. The number of nitrogens with zero attached hydrogens (tertiary/aromatic N) is 2. The van der Waals surface area contributed by atoms with Crippen LogP contribution in [0.2, 0.25) is 5.02 Å². The van der Waals surface area contributed by atoms with Crippen LogP contribution in [0.3, 0.4) is 0 Å². The minimum atomic E-state index is -0.828. The number of benzene rings is 1. The molecule has 0 unspecified atom stereocenters. The molecule has 6 nitrogen and oxygen atoms in total. The molecule has 0 radical (unpaired) electrons. The van der Waals surface area contributed by atoms with E-state index in [4.69, 9.17) is 16.3 Å². The van der Waals surface area contributed by atoms with Crippen molar-refractivity contribution in [2.24, 2.45) is 5.41 Å². The summed E-state index contributed by atoms with van der Waals surface area (Å²) >= 11 is 6.06. The van der Waals surface area contributed by atoms with Crippen LogP contribution >= 0.6 is 11.6 Å². The van der Waals surface area contributed by atoms with E-state index >= 15 is 0 Å². The summed E-state index contributed by atoms with van der Waals surface area (Å²) in [5.41, 5.74) is 0.243.